The van der Waals surface area contributed by atoms with E-state index in [-0.39, 0.29) is 23.8 Å². The van der Waals surface area contributed by atoms with Crippen molar-refractivity contribution in [1.29, 1.82) is 0 Å². The summed E-state index contributed by atoms with van der Waals surface area (Å²) in [7, 11) is 0. The molecular formula is C19H16ClFN4O. The highest BCUT2D eigenvalue weighted by Crippen LogP contribution is 2.41. The lowest BCUT2D eigenvalue weighted by Gasteiger charge is -2.38. The molecule has 0 saturated carbocycles. The van der Waals surface area contributed by atoms with Crippen molar-refractivity contribution in [3.8, 4) is 0 Å². The van der Waals surface area contributed by atoms with Crippen LogP contribution in [0.5, 0.6) is 0 Å². The zero-order valence-electron chi connectivity index (χ0n) is 14.0. The molecule has 1 amide bonds. The number of fused-ring (bicyclic) bond motifs is 1. The Bertz CT molecular complexity index is 939. The number of carbonyl (C=O) groups is 1. The molecule has 0 fully saturated rings. The Kier molecular flexibility index (Phi) is 4.20. The SMILES string of the molecule is CC(=O)N1c2ncnn2[C@@H](c2ccc(F)cc2)C[C@@H]1c1ccc(Cl)cc1. The van der Waals surface area contributed by atoms with Crippen LogP contribution in [0.15, 0.2) is 54.9 Å². The quantitative estimate of drug-likeness (QED) is 0.680. The van der Waals surface area contributed by atoms with Gasteiger partial charge in [0.15, 0.2) is 0 Å². The van der Waals surface area contributed by atoms with E-state index in [0.717, 1.165) is 11.1 Å². The molecule has 1 aliphatic heterocycles. The second kappa shape index (κ2) is 6.53. The molecule has 1 aromatic heterocycles. The van der Waals surface area contributed by atoms with Gasteiger partial charge in [-0.15, -0.1) is 0 Å². The summed E-state index contributed by atoms with van der Waals surface area (Å²) in [5.41, 5.74) is 1.88. The highest BCUT2D eigenvalue weighted by Gasteiger charge is 2.38. The first-order valence-corrected chi connectivity index (χ1v) is 8.62. The van der Waals surface area contributed by atoms with Gasteiger partial charge in [-0.25, -0.2) is 9.07 Å². The van der Waals surface area contributed by atoms with Gasteiger partial charge < -0.3 is 0 Å². The Morgan fingerprint density at radius 3 is 2.35 bits per heavy atom. The van der Waals surface area contributed by atoms with Crippen molar-refractivity contribution < 1.29 is 9.18 Å². The molecule has 0 radical (unpaired) electrons. The van der Waals surface area contributed by atoms with Crippen LogP contribution in [-0.4, -0.2) is 20.7 Å². The van der Waals surface area contributed by atoms with E-state index in [4.69, 9.17) is 11.6 Å². The summed E-state index contributed by atoms with van der Waals surface area (Å²) in [5.74, 6) is 0.0813. The van der Waals surface area contributed by atoms with E-state index in [9.17, 15) is 9.18 Å². The Morgan fingerprint density at radius 1 is 1.08 bits per heavy atom. The lowest BCUT2D eigenvalue weighted by Crippen LogP contribution is -2.41. The third kappa shape index (κ3) is 2.86. The summed E-state index contributed by atoms with van der Waals surface area (Å²) in [4.78, 5) is 18.3. The number of carbonyl (C=O) groups excluding carboxylic acids is 1. The molecule has 5 nitrogen and oxygen atoms in total. The maximum atomic E-state index is 13.3. The molecule has 132 valence electrons. The van der Waals surface area contributed by atoms with Crippen molar-refractivity contribution in [2.75, 3.05) is 4.90 Å². The van der Waals surface area contributed by atoms with Gasteiger partial charge in [0.2, 0.25) is 11.9 Å². The fourth-order valence-corrected chi connectivity index (χ4v) is 3.61. The van der Waals surface area contributed by atoms with Gasteiger partial charge in [-0.3, -0.25) is 9.69 Å². The van der Waals surface area contributed by atoms with Crippen LogP contribution in [0.3, 0.4) is 0 Å². The molecule has 0 unspecified atom stereocenters. The third-order valence-corrected chi connectivity index (χ3v) is 4.92. The fourth-order valence-electron chi connectivity index (χ4n) is 3.49. The molecule has 4 rings (SSSR count). The Balaban J connectivity index is 1.82. The topological polar surface area (TPSA) is 51.0 Å². The zero-order chi connectivity index (χ0) is 18.3. The van der Waals surface area contributed by atoms with E-state index in [2.05, 4.69) is 10.1 Å². The standard InChI is InChI=1S/C19H16ClFN4O/c1-12(26)24-17(13-2-6-15(20)7-3-13)10-18(25-19(24)22-11-23-25)14-4-8-16(21)9-5-14/h2-9,11,17-18H,10H2,1H3/t17-,18-/m1/s1. The first kappa shape index (κ1) is 16.7. The molecule has 1 aliphatic rings. The van der Waals surface area contributed by atoms with Gasteiger partial charge in [-0.05, 0) is 41.8 Å². The molecule has 26 heavy (non-hydrogen) atoms. The van der Waals surface area contributed by atoms with Crippen LogP contribution >= 0.6 is 11.6 Å². The predicted molar refractivity (Wildman–Crippen MR) is 96.5 cm³/mol. The van der Waals surface area contributed by atoms with Crippen molar-refractivity contribution >= 4 is 23.5 Å². The first-order valence-electron chi connectivity index (χ1n) is 8.25. The van der Waals surface area contributed by atoms with Crippen molar-refractivity contribution in [2.24, 2.45) is 0 Å². The minimum atomic E-state index is -0.289. The third-order valence-electron chi connectivity index (χ3n) is 4.67. The van der Waals surface area contributed by atoms with Crippen LogP contribution in [0, 0.1) is 5.82 Å². The number of aromatic nitrogens is 3. The van der Waals surface area contributed by atoms with Crippen LogP contribution in [0.25, 0.3) is 0 Å². The molecule has 2 heterocycles. The van der Waals surface area contributed by atoms with E-state index < -0.39 is 0 Å². The molecule has 7 heteroatoms. The highest BCUT2D eigenvalue weighted by molar-refractivity contribution is 6.30. The second-order valence-corrected chi connectivity index (χ2v) is 6.70. The van der Waals surface area contributed by atoms with Crippen LogP contribution in [-0.2, 0) is 4.79 Å². The Hall–Kier alpha value is -2.73. The van der Waals surface area contributed by atoms with Gasteiger partial charge in [0.25, 0.3) is 0 Å². The fraction of sp³-hybridized carbons (Fsp3) is 0.211. The van der Waals surface area contributed by atoms with E-state index in [1.807, 2.05) is 12.1 Å². The smallest absolute Gasteiger partial charge is 0.231 e. The average molecular weight is 371 g/mol. The molecule has 2 atom stereocenters. The van der Waals surface area contributed by atoms with Crippen LogP contribution in [0.4, 0.5) is 10.3 Å². The van der Waals surface area contributed by atoms with Crippen LogP contribution in [0.1, 0.15) is 36.6 Å². The van der Waals surface area contributed by atoms with Gasteiger partial charge in [0, 0.05) is 11.9 Å². The van der Waals surface area contributed by atoms with Crippen molar-refractivity contribution in [2.45, 2.75) is 25.4 Å². The minimum absolute atomic E-state index is 0.114. The average Bonchev–Trinajstić information content (AvgIpc) is 3.11. The van der Waals surface area contributed by atoms with Gasteiger partial charge >= 0.3 is 0 Å². The number of hydrogen-bond donors (Lipinski definition) is 0. The van der Waals surface area contributed by atoms with Crippen molar-refractivity contribution in [1.82, 2.24) is 14.8 Å². The summed E-state index contributed by atoms with van der Waals surface area (Å²) in [6, 6.07) is 13.4. The summed E-state index contributed by atoms with van der Waals surface area (Å²) in [5, 5.41) is 4.94. The number of benzene rings is 2. The molecule has 0 saturated heterocycles. The highest BCUT2D eigenvalue weighted by atomic mass is 35.5. The maximum absolute atomic E-state index is 13.3. The number of rotatable bonds is 2. The van der Waals surface area contributed by atoms with Gasteiger partial charge in [-0.2, -0.15) is 10.1 Å². The number of anilines is 1. The van der Waals surface area contributed by atoms with Crippen LogP contribution in [0.2, 0.25) is 5.02 Å². The lowest BCUT2D eigenvalue weighted by molar-refractivity contribution is -0.117. The minimum Gasteiger partial charge on any atom is -0.275 e. The summed E-state index contributed by atoms with van der Waals surface area (Å²) in [6.07, 6.45) is 2.04. The molecule has 2 aromatic carbocycles. The zero-order valence-corrected chi connectivity index (χ0v) is 14.8. The Labute approximate surface area is 155 Å². The molecule has 0 aliphatic carbocycles. The van der Waals surface area contributed by atoms with Crippen molar-refractivity contribution in [3.05, 3.63) is 76.8 Å². The second-order valence-electron chi connectivity index (χ2n) is 6.26. The molecule has 0 spiro atoms. The predicted octanol–water partition coefficient (Wildman–Crippen LogP) is 4.16. The molecular weight excluding hydrogens is 355 g/mol. The summed E-state index contributed by atoms with van der Waals surface area (Å²) in [6.45, 7) is 1.51. The maximum Gasteiger partial charge on any atom is 0.231 e. The molecule has 0 bridgehead atoms. The number of amides is 1. The van der Waals surface area contributed by atoms with E-state index >= 15 is 0 Å². The number of hydrogen-bond acceptors (Lipinski definition) is 3. The number of nitrogens with zero attached hydrogens (tertiary/aromatic N) is 4. The first-order chi connectivity index (χ1) is 12.5. The number of halogens is 2. The van der Waals surface area contributed by atoms with Crippen LogP contribution < -0.4 is 4.90 Å². The van der Waals surface area contributed by atoms with Gasteiger partial charge in [0.1, 0.15) is 12.1 Å². The normalized spacial score (nSPS) is 19.3. The van der Waals surface area contributed by atoms with E-state index in [0.29, 0.717) is 17.4 Å². The lowest BCUT2D eigenvalue weighted by atomic mass is 9.92. The molecule has 3 aromatic rings. The van der Waals surface area contributed by atoms with E-state index in [1.165, 1.54) is 25.4 Å². The van der Waals surface area contributed by atoms with E-state index in [1.54, 1.807) is 33.8 Å². The Morgan fingerprint density at radius 2 is 1.69 bits per heavy atom. The summed E-state index contributed by atoms with van der Waals surface area (Å²) < 4.78 is 15.1. The van der Waals surface area contributed by atoms with Gasteiger partial charge in [-0.1, -0.05) is 35.9 Å². The monoisotopic (exact) mass is 370 g/mol. The summed E-state index contributed by atoms with van der Waals surface area (Å²) >= 11 is 6.01. The van der Waals surface area contributed by atoms with Crippen molar-refractivity contribution in [3.63, 3.8) is 0 Å². The largest absolute Gasteiger partial charge is 0.275 e. The molecule has 0 N–H and O–H groups in total. The van der Waals surface area contributed by atoms with Gasteiger partial charge in [0.05, 0.1) is 12.1 Å².